The van der Waals surface area contributed by atoms with Gasteiger partial charge in [0.2, 0.25) is 0 Å². The van der Waals surface area contributed by atoms with Gasteiger partial charge >= 0.3 is 0 Å². The molecule has 0 saturated carbocycles. The monoisotopic (exact) mass is 264 g/mol. The van der Waals surface area contributed by atoms with Gasteiger partial charge in [-0.3, -0.25) is 0 Å². The molecule has 0 saturated heterocycles. The molecule has 19 heavy (non-hydrogen) atoms. The van der Waals surface area contributed by atoms with E-state index < -0.39 is 0 Å². The van der Waals surface area contributed by atoms with Crippen molar-refractivity contribution >= 4 is 11.6 Å². The van der Waals surface area contributed by atoms with Gasteiger partial charge in [0.15, 0.2) is 0 Å². The maximum absolute atomic E-state index is 4.47. The predicted octanol–water partition coefficient (Wildman–Crippen LogP) is 3.49. The standard InChI is InChI=1S/C15H28N4/c1-5-8-9-11-19(4)15-13(7-3)14(16-10-6-2)17-12-18-15/h12H,5-11H2,1-4H3,(H,16,17,18). The summed E-state index contributed by atoms with van der Waals surface area (Å²) in [5.41, 5.74) is 1.23. The van der Waals surface area contributed by atoms with Gasteiger partial charge in [-0.15, -0.1) is 0 Å². The molecule has 0 fully saturated rings. The van der Waals surface area contributed by atoms with Gasteiger partial charge in [-0.25, -0.2) is 9.97 Å². The van der Waals surface area contributed by atoms with Crippen molar-refractivity contribution in [3.63, 3.8) is 0 Å². The highest BCUT2D eigenvalue weighted by Crippen LogP contribution is 2.23. The molecule has 0 aromatic carbocycles. The molecule has 0 aliphatic heterocycles. The number of rotatable bonds is 9. The van der Waals surface area contributed by atoms with Crippen LogP contribution in [0.15, 0.2) is 6.33 Å². The minimum Gasteiger partial charge on any atom is -0.370 e. The summed E-state index contributed by atoms with van der Waals surface area (Å²) in [5.74, 6) is 2.07. The Hall–Kier alpha value is -1.32. The number of anilines is 2. The summed E-state index contributed by atoms with van der Waals surface area (Å²) in [4.78, 5) is 11.1. The molecule has 0 aliphatic carbocycles. The minimum atomic E-state index is 0.959. The molecule has 1 N–H and O–H groups in total. The predicted molar refractivity (Wildman–Crippen MR) is 83.0 cm³/mol. The molecule has 1 aromatic rings. The molecule has 4 nitrogen and oxygen atoms in total. The molecule has 0 bridgehead atoms. The van der Waals surface area contributed by atoms with Crippen molar-refractivity contribution < 1.29 is 0 Å². The second-order valence-electron chi connectivity index (χ2n) is 4.93. The number of unbranched alkanes of at least 4 members (excludes halogenated alkanes) is 2. The topological polar surface area (TPSA) is 41.1 Å². The minimum absolute atomic E-state index is 0.959. The molecular formula is C15H28N4. The van der Waals surface area contributed by atoms with E-state index in [-0.39, 0.29) is 0 Å². The van der Waals surface area contributed by atoms with Crippen LogP contribution in [0.5, 0.6) is 0 Å². The molecular weight excluding hydrogens is 236 g/mol. The van der Waals surface area contributed by atoms with Crippen LogP contribution in [-0.4, -0.2) is 30.1 Å². The highest BCUT2D eigenvalue weighted by Gasteiger charge is 2.12. The van der Waals surface area contributed by atoms with Gasteiger partial charge in [0.1, 0.15) is 18.0 Å². The number of aromatic nitrogens is 2. The van der Waals surface area contributed by atoms with Gasteiger partial charge < -0.3 is 10.2 Å². The first-order chi connectivity index (χ1) is 9.24. The van der Waals surface area contributed by atoms with Crippen molar-refractivity contribution in [2.24, 2.45) is 0 Å². The van der Waals surface area contributed by atoms with E-state index in [0.717, 1.165) is 37.6 Å². The lowest BCUT2D eigenvalue weighted by molar-refractivity contribution is 0.698. The van der Waals surface area contributed by atoms with E-state index in [1.165, 1.54) is 24.8 Å². The molecule has 0 unspecified atom stereocenters. The van der Waals surface area contributed by atoms with Crippen molar-refractivity contribution in [3.8, 4) is 0 Å². The van der Waals surface area contributed by atoms with Gasteiger partial charge in [-0.05, 0) is 19.3 Å². The molecule has 0 radical (unpaired) electrons. The number of hydrogen-bond donors (Lipinski definition) is 1. The third-order valence-electron chi connectivity index (χ3n) is 3.28. The quantitative estimate of drug-likeness (QED) is 0.693. The first-order valence-corrected chi connectivity index (χ1v) is 7.53. The van der Waals surface area contributed by atoms with Crippen molar-refractivity contribution in [1.29, 1.82) is 0 Å². The maximum atomic E-state index is 4.47. The second-order valence-corrected chi connectivity index (χ2v) is 4.93. The van der Waals surface area contributed by atoms with E-state index in [0.29, 0.717) is 0 Å². The van der Waals surface area contributed by atoms with Crippen LogP contribution in [0.3, 0.4) is 0 Å². The maximum Gasteiger partial charge on any atom is 0.137 e. The van der Waals surface area contributed by atoms with Crippen LogP contribution in [0.1, 0.15) is 52.0 Å². The molecule has 1 heterocycles. The van der Waals surface area contributed by atoms with Crippen molar-refractivity contribution in [2.75, 3.05) is 30.4 Å². The summed E-state index contributed by atoms with van der Waals surface area (Å²) in [5, 5.41) is 3.40. The Labute approximate surface area is 117 Å². The second kappa shape index (κ2) is 8.73. The van der Waals surface area contributed by atoms with E-state index >= 15 is 0 Å². The van der Waals surface area contributed by atoms with E-state index in [1.807, 2.05) is 0 Å². The van der Waals surface area contributed by atoms with E-state index in [9.17, 15) is 0 Å². The summed E-state index contributed by atoms with van der Waals surface area (Å²) >= 11 is 0. The molecule has 108 valence electrons. The smallest absolute Gasteiger partial charge is 0.137 e. The first-order valence-electron chi connectivity index (χ1n) is 7.53. The van der Waals surface area contributed by atoms with E-state index in [2.05, 4.69) is 48.0 Å². The zero-order valence-electron chi connectivity index (χ0n) is 12.9. The van der Waals surface area contributed by atoms with Crippen LogP contribution in [0, 0.1) is 0 Å². The highest BCUT2D eigenvalue weighted by atomic mass is 15.2. The van der Waals surface area contributed by atoms with Gasteiger partial charge in [0.05, 0.1) is 0 Å². The van der Waals surface area contributed by atoms with Crippen LogP contribution in [0.4, 0.5) is 11.6 Å². The third kappa shape index (κ3) is 4.69. The van der Waals surface area contributed by atoms with Crippen molar-refractivity contribution in [3.05, 3.63) is 11.9 Å². The summed E-state index contributed by atoms with van der Waals surface area (Å²) in [6.07, 6.45) is 7.48. The van der Waals surface area contributed by atoms with E-state index in [4.69, 9.17) is 0 Å². The summed E-state index contributed by atoms with van der Waals surface area (Å²) in [7, 11) is 2.13. The van der Waals surface area contributed by atoms with Crippen LogP contribution in [0.2, 0.25) is 0 Å². The normalized spacial score (nSPS) is 10.5. The van der Waals surface area contributed by atoms with Crippen LogP contribution >= 0.6 is 0 Å². The fourth-order valence-electron chi connectivity index (χ4n) is 2.16. The molecule has 0 aliphatic rings. The molecule has 0 amide bonds. The van der Waals surface area contributed by atoms with Crippen molar-refractivity contribution in [1.82, 2.24) is 9.97 Å². The number of nitrogens with zero attached hydrogens (tertiary/aromatic N) is 3. The van der Waals surface area contributed by atoms with Gasteiger partial charge in [0.25, 0.3) is 0 Å². The Balaban J connectivity index is 2.80. The summed E-state index contributed by atoms with van der Waals surface area (Å²) in [6.45, 7) is 8.58. The van der Waals surface area contributed by atoms with Crippen LogP contribution < -0.4 is 10.2 Å². The summed E-state index contributed by atoms with van der Waals surface area (Å²) in [6, 6.07) is 0. The average Bonchev–Trinajstić information content (AvgIpc) is 2.44. The largest absolute Gasteiger partial charge is 0.370 e. The molecule has 1 aromatic heterocycles. The Bertz CT molecular complexity index is 365. The van der Waals surface area contributed by atoms with Gasteiger partial charge in [-0.1, -0.05) is 33.6 Å². The molecule has 0 atom stereocenters. The lowest BCUT2D eigenvalue weighted by Crippen LogP contribution is -2.22. The molecule has 4 heteroatoms. The lowest BCUT2D eigenvalue weighted by Gasteiger charge is -2.22. The Morgan fingerprint density at radius 3 is 2.53 bits per heavy atom. The van der Waals surface area contributed by atoms with Crippen LogP contribution in [0.25, 0.3) is 0 Å². The fourth-order valence-corrected chi connectivity index (χ4v) is 2.16. The third-order valence-corrected chi connectivity index (χ3v) is 3.28. The SMILES string of the molecule is CCCCCN(C)c1ncnc(NCCC)c1CC. The lowest BCUT2D eigenvalue weighted by atomic mass is 10.2. The Kier molecular flexibility index (Phi) is 7.23. The zero-order chi connectivity index (χ0) is 14.1. The van der Waals surface area contributed by atoms with Crippen molar-refractivity contribution in [2.45, 2.75) is 52.9 Å². The Morgan fingerprint density at radius 2 is 1.89 bits per heavy atom. The molecule has 1 rings (SSSR count). The average molecular weight is 264 g/mol. The van der Waals surface area contributed by atoms with E-state index in [1.54, 1.807) is 6.33 Å². The Morgan fingerprint density at radius 1 is 1.11 bits per heavy atom. The van der Waals surface area contributed by atoms with Gasteiger partial charge in [-0.2, -0.15) is 0 Å². The number of hydrogen-bond acceptors (Lipinski definition) is 4. The summed E-state index contributed by atoms with van der Waals surface area (Å²) < 4.78 is 0. The highest BCUT2D eigenvalue weighted by molar-refractivity contribution is 5.58. The zero-order valence-corrected chi connectivity index (χ0v) is 12.9. The molecule has 0 spiro atoms. The van der Waals surface area contributed by atoms with Crippen LogP contribution in [-0.2, 0) is 6.42 Å². The first kappa shape index (κ1) is 15.7. The van der Waals surface area contributed by atoms with Gasteiger partial charge in [0, 0.05) is 25.7 Å². The fraction of sp³-hybridized carbons (Fsp3) is 0.733. The number of nitrogens with one attached hydrogen (secondary N) is 1.